The van der Waals surface area contributed by atoms with Crippen molar-refractivity contribution in [3.63, 3.8) is 0 Å². The molecule has 0 saturated carbocycles. The van der Waals surface area contributed by atoms with Gasteiger partial charge in [0.25, 0.3) is 0 Å². The summed E-state index contributed by atoms with van der Waals surface area (Å²) < 4.78 is 5.78. The Balaban J connectivity index is 5.08. The summed E-state index contributed by atoms with van der Waals surface area (Å²) in [6.07, 6.45) is 10.6. The molecule has 0 aromatic rings. The van der Waals surface area contributed by atoms with Crippen LogP contribution in [-0.4, -0.2) is 11.6 Å². The Kier molecular flexibility index (Phi) is 10.8. The van der Waals surface area contributed by atoms with E-state index in [0.29, 0.717) is 24.4 Å². The zero-order chi connectivity index (χ0) is 16.1. The number of carbonyl (C=O) groups excluding carboxylic acids is 2. The van der Waals surface area contributed by atoms with E-state index < -0.39 is 0 Å². The maximum absolute atomic E-state index is 11.5. The molecule has 3 nitrogen and oxygen atoms in total. The monoisotopic (exact) mass is 290 g/mol. The summed E-state index contributed by atoms with van der Waals surface area (Å²) in [5, 5.41) is 0. The first kappa shape index (κ1) is 19.1. The third-order valence-electron chi connectivity index (χ3n) is 2.82. The van der Waals surface area contributed by atoms with Crippen molar-refractivity contribution in [2.45, 2.75) is 52.4 Å². The van der Waals surface area contributed by atoms with Crippen LogP contribution in [0.3, 0.4) is 0 Å². The number of hydrogen-bond donors (Lipinski definition) is 0. The fourth-order valence-electron chi connectivity index (χ4n) is 1.61. The van der Waals surface area contributed by atoms with Gasteiger partial charge < -0.3 is 4.74 Å². The van der Waals surface area contributed by atoms with Crippen molar-refractivity contribution in [2.75, 3.05) is 0 Å². The van der Waals surface area contributed by atoms with Crippen LogP contribution in [0.15, 0.2) is 49.0 Å². The van der Waals surface area contributed by atoms with Crippen LogP contribution in [0.4, 0.5) is 0 Å². The van der Waals surface area contributed by atoms with Crippen LogP contribution >= 0.6 is 0 Å². The second-order valence-corrected chi connectivity index (χ2v) is 4.74. The molecule has 0 fully saturated rings. The molecule has 0 N–H and O–H groups in total. The van der Waals surface area contributed by atoms with Gasteiger partial charge in [-0.25, -0.2) is 0 Å². The first-order valence-electron chi connectivity index (χ1n) is 7.49. The van der Waals surface area contributed by atoms with Gasteiger partial charge in [-0.3, -0.25) is 9.59 Å². The van der Waals surface area contributed by atoms with Crippen molar-refractivity contribution in [1.82, 2.24) is 0 Å². The Labute approximate surface area is 128 Å². The molecular weight excluding hydrogens is 264 g/mol. The molecule has 116 valence electrons. The predicted molar refractivity (Wildman–Crippen MR) is 86.7 cm³/mol. The molecule has 0 spiro atoms. The third kappa shape index (κ3) is 9.61. The van der Waals surface area contributed by atoms with Crippen LogP contribution in [0.25, 0.3) is 0 Å². The normalized spacial score (nSPS) is 11.9. The molecule has 0 unspecified atom stereocenters. The van der Waals surface area contributed by atoms with E-state index in [1.165, 1.54) is 24.3 Å². The second kappa shape index (κ2) is 11.9. The van der Waals surface area contributed by atoms with Gasteiger partial charge in [0.1, 0.15) is 11.5 Å². The van der Waals surface area contributed by atoms with Gasteiger partial charge in [-0.15, -0.1) is 0 Å². The average molecular weight is 290 g/mol. The van der Waals surface area contributed by atoms with Crippen molar-refractivity contribution in [1.29, 1.82) is 0 Å². The first-order valence-corrected chi connectivity index (χ1v) is 7.49. The summed E-state index contributed by atoms with van der Waals surface area (Å²) >= 11 is 0. The van der Waals surface area contributed by atoms with Crippen LogP contribution < -0.4 is 0 Å². The lowest BCUT2D eigenvalue weighted by atomic mass is 10.1. The molecule has 0 aliphatic rings. The smallest absolute Gasteiger partial charge is 0.181 e. The van der Waals surface area contributed by atoms with Gasteiger partial charge in [-0.05, 0) is 25.0 Å². The Bertz CT molecular complexity index is 388. The molecule has 0 saturated heterocycles. The lowest BCUT2D eigenvalue weighted by molar-refractivity contribution is -0.111. The lowest BCUT2D eigenvalue weighted by Gasteiger charge is -2.13. The molecule has 0 aromatic heterocycles. The van der Waals surface area contributed by atoms with Gasteiger partial charge in [0.15, 0.2) is 11.6 Å². The quantitative estimate of drug-likeness (QED) is 0.388. The van der Waals surface area contributed by atoms with Crippen molar-refractivity contribution < 1.29 is 14.3 Å². The van der Waals surface area contributed by atoms with Gasteiger partial charge in [0, 0.05) is 25.0 Å². The maximum Gasteiger partial charge on any atom is 0.181 e. The highest BCUT2D eigenvalue weighted by atomic mass is 16.5. The molecule has 0 heterocycles. The molecule has 0 amide bonds. The Hall–Kier alpha value is -1.90. The third-order valence-corrected chi connectivity index (χ3v) is 2.82. The molecule has 0 radical (unpaired) electrons. The van der Waals surface area contributed by atoms with Crippen LogP contribution in [0.2, 0.25) is 0 Å². The molecule has 0 aliphatic heterocycles. The molecular formula is C18H26O3. The lowest BCUT2D eigenvalue weighted by Crippen LogP contribution is -2.00. The van der Waals surface area contributed by atoms with E-state index in [2.05, 4.69) is 27.0 Å². The zero-order valence-electron chi connectivity index (χ0n) is 13.2. The van der Waals surface area contributed by atoms with Crippen molar-refractivity contribution in [3.05, 3.63) is 49.0 Å². The van der Waals surface area contributed by atoms with Gasteiger partial charge >= 0.3 is 0 Å². The summed E-state index contributed by atoms with van der Waals surface area (Å²) in [7, 11) is 0. The van der Waals surface area contributed by atoms with Crippen molar-refractivity contribution >= 4 is 11.6 Å². The van der Waals surface area contributed by atoms with Crippen LogP contribution in [0.1, 0.15) is 52.4 Å². The second-order valence-electron chi connectivity index (χ2n) is 4.74. The minimum Gasteiger partial charge on any atom is -0.466 e. The summed E-state index contributed by atoms with van der Waals surface area (Å²) in [6, 6.07) is 0. The molecule has 0 aromatic carbocycles. The fourth-order valence-corrected chi connectivity index (χ4v) is 1.61. The molecule has 0 atom stereocenters. The fraction of sp³-hybridized carbons (Fsp3) is 0.444. The number of hydrogen-bond acceptors (Lipinski definition) is 3. The van der Waals surface area contributed by atoms with Gasteiger partial charge in [0.05, 0.1) is 0 Å². The largest absolute Gasteiger partial charge is 0.466 e. The number of rotatable bonds is 12. The van der Waals surface area contributed by atoms with Crippen LogP contribution in [-0.2, 0) is 14.3 Å². The highest BCUT2D eigenvalue weighted by molar-refractivity contribution is 5.99. The first-order chi connectivity index (χ1) is 10.1. The van der Waals surface area contributed by atoms with E-state index in [9.17, 15) is 9.59 Å². The summed E-state index contributed by atoms with van der Waals surface area (Å²) in [5.41, 5.74) is 0. The Morgan fingerprint density at radius 2 is 1.24 bits per heavy atom. The van der Waals surface area contributed by atoms with E-state index in [4.69, 9.17) is 4.74 Å². The summed E-state index contributed by atoms with van der Waals surface area (Å²) in [6.45, 7) is 11.0. The molecule has 21 heavy (non-hydrogen) atoms. The van der Waals surface area contributed by atoms with E-state index in [1.54, 1.807) is 0 Å². The SMILES string of the molecule is C=CC(=O)C=C(CCCC)OC(=CC(=O)C=C)CCCC. The summed E-state index contributed by atoms with van der Waals surface area (Å²) in [4.78, 5) is 23.0. The standard InChI is InChI=1S/C18H26O3/c1-5-9-11-17(13-15(19)7-3)21-18(12-10-6-2)14-16(20)8-4/h7-8,13-14H,3-6,9-12H2,1-2H3. The minimum atomic E-state index is -0.189. The van der Waals surface area contributed by atoms with E-state index >= 15 is 0 Å². The number of unbranched alkanes of at least 4 members (excludes halogenated alkanes) is 2. The van der Waals surface area contributed by atoms with Gasteiger partial charge in [-0.1, -0.05) is 39.8 Å². The van der Waals surface area contributed by atoms with Gasteiger partial charge in [-0.2, -0.15) is 0 Å². The number of carbonyl (C=O) groups is 2. The highest BCUT2D eigenvalue weighted by Crippen LogP contribution is 2.18. The number of ether oxygens (including phenoxy) is 1. The Morgan fingerprint density at radius 3 is 1.52 bits per heavy atom. The van der Waals surface area contributed by atoms with E-state index in [0.717, 1.165) is 25.7 Å². The number of allylic oxidation sites excluding steroid dienone is 6. The maximum atomic E-state index is 11.5. The minimum absolute atomic E-state index is 0.189. The predicted octanol–water partition coefficient (Wildman–Crippen LogP) is 4.66. The number of ketones is 2. The van der Waals surface area contributed by atoms with Gasteiger partial charge in [0.2, 0.25) is 0 Å². The highest BCUT2D eigenvalue weighted by Gasteiger charge is 2.07. The summed E-state index contributed by atoms with van der Waals surface area (Å²) in [5.74, 6) is 0.791. The Morgan fingerprint density at radius 1 is 0.857 bits per heavy atom. The molecule has 0 aliphatic carbocycles. The van der Waals surface area contributed by atoms with Crippen LogP contribution in [0, 0.1) is 0 Å². The van der Waals surface area contributed by atoms with E-state index in [-0.39, 0.29) is 11.6 Å². The van der Waals surface area contributed by atoms with E-state index in [1.807, 2.05) is 0 Å². The molecule has 0 bridgehead atoms. The topological polar surface area (TPSA) is 43.4 Å². The van der Waals surface area contributed by atoms with Crippen molar-refractivity contribution in [2.24, 2.45) is 0 Å². The zero-order valence-corrected chi connectivity index (χ0v) is 13.2. The van der Waals surface area contributed by atoms with Crippen molar-refractivity contribution in [3.8, 4) is 0 Å². The average Bonchev–Trinajstić information content (AvgIpc) is 2.49. The molecule has 0 rings (SSSR count). The molecule has 3 heteroatoms. The van der Waals surface area contributed by atoms with Crippen LogP contribution in [0.5, 0.6) is 0 Å².